The van der Waals surface area contributed by atoms with Gasteiger partial charge in [0.15, 0.2) is 0 Å². The quantitative estimate of drug-likeness (QED) is 0.353. The first kappa shape index (κ1) is 21.1. The summed E-state index contributed by atoms with van der Waals surface area (Å²) in [5, 5.41) is 0. The maximum absolute atomic E-state index is 13.2. The molecule has 0 radical (unpaired) electrons. The summed E-state index contributed by atoms with van der Waals surface area (Å²) in [6.07, 6.45) is 5.30. The Balaban J connectivity index is 1.56. The number of aryl methyl sites for hydroxylation is 1. The number of fused-ring (bicyclic) bond motifs is 2. The molecule has 5 nitrogen and oxygen atoms in total. The van der Waals surface area contributed by atoms with Gasteiger partial charge in [-0.3, -0.25) is 14.8 Å². The standard InChI is InChI=1S/C27H22N4OS/c1-18-7-5-14-29-25(18)26-21-9-3-4-10-23(21)33-24-12-11-20(15-22(24)30-26)27(32)31(2)17-19-8-6-13-28-16-19/h3-16H,17H2,1-2H3. The predicted molar refractivity (Wildman–Crippen MR) is 131 cm³/mol. The second kappa shape index (κ2) is 9.00. The van der Waals surface area contributed by atoms with E-state index in [1.54, 1.807) is 42.3 Å². The van der Waals surface area contributed by atoms with E-state index in [1.807, 2.05) is 61.5 Å². The summed E-state index contributed by atoms with van der Waals surface area (Å²) in [4.78, 5) is 30.8. The molecule has 0 unspecified atom stereocenters. The topological polar surface area (TPSA) is 58.5 Å². The van der Waals surface area contributed by atoms with Crippen LogP contribution in [0.15, 0.2) is 100 Å². The highest BCUT2D eigenvalue weighted by Crippen LogP contribution is 2.41. The van der Waals surface area contributed by atoms with E-state index < -0.39 is 0 Å². The summed E-state index contributed by atoms with van der Waals surface area (Å²) < 4.78 is 0. The van der Waals surface area contributed by atoms with E-state index in [2.05, 4.69) is 22.1 Å². The van der Waals surface area contributed by atoms with Gasteiger partial charge in [-0.2, -0.15) is 0 Å². The Morgan fingerprint density at radius 1 is 0.970 bits per heavy atom. The van der Waals surface area contributed by atoms with Gasteiger partial charge >= 0.3 is 0 Å². The van der Waals surface area contributed by atoms with E-state index in [1.165, 1.54) is 0 Å². The Morgan fingerprint density at radius 3 is 2.64 bits per heavy atom. The molecule has 162 valence electrons. The fraction of sp³-hybridized carbons (Fsp3) is 0.111. The van der Waals surface area contributed by atoms with E-state index in [0.717, 1.165) is 43.6 Å². The molecule has 4 aromatic rings. The van der Waals surface area contributed by atoms with Crippen LogP contribution in [-0.4, -0.2) is 33.5 Å². The lowest BCUT2D eigenvalue weighted by Crippen LogP contribution is -2.26. The van der Waals surface area contributed by atoms with Crippen LogP contribution in [0.1, 0.15) is 32.7 Å². The van der Waals surface area contributed by atoms with Crippen LogP contribution in [0.4, 0.5) is 5.69 Å². The number of amides is 1. The van der Waals surface area contributed by atoms with Gasteiger partial charge in [-0.1, -0.05) is 42.1 Å². The van der Waals surface area contributed by atoms with E-state index in [-0.39, 0.29) is 5.91 Å². The predicted octanol–water partition coefficient (Wildman–Crippen LogP) is 5.69. The van der Waals surface area contributed by atoms with Gasteiger partial charge in [-0.15, -0.1) is 0 Å². The fourth-order valence-corrected chi connectivity index (χ4v) is 4.85. The minimum absolute atomic E-state index is 0.0563. The zero-order valence-corrected chi connectivity index (χ0v) is 19.2. The van der Waals surface area contributed by atoms with Crippen LogP contribution in [0.2, 0.25) is 0 Å². The molecule has 2 aromatic carbocycles. The highest BCUT2D eigenvalue weighted by Gasteiger charge is 2.22. The third-order valence-corrected chi connectivity index (χ3v) is 6.66. The summed E-state index contributed by atoms with van der Waals surface area (Å²) in [6, 6.07) is 21.8. The number of aromatic nitrogens is 2. The van der Waals surface area contributed by atoms with Crippen LogP contribution in [0.3, 0.4) is 0 Å². The third-order valence-electron chi connectivity index (χ3n) is 5.52. The SMILES string of the molecule is Cc1cccnc1C1=Nc2cc(C(=O)N(C)Cc3cccnc3)ccc2Sc2ccccc21. The molecule has 0 saturated heterocycles. The minimum Gasteiger partial charge on any atom is -0.337 e. The summed E-state index contributed by atoms with van der Waals surface area (Å²) in [7, 11) is 1.80. The number of rotatable bonds is 4. The number of benzene rings is 2. The van der Waals surface area contributed by atoms with E-state index in [9.17, 15) is 4.79 Å². The molecule has 2 aromatic heterocycles. The van der Waals surface area contributed by atoms with Crippen LogP contribution >= 0.6 is 11.8 Å². The number of hydrogen-bond donors (Lipinski definition) is 0. The molecule has 0 bridgehead atoms. The second-order valence-electron chi connectivity index (χ2n) is 7.93. The van der Waals surface area contributed by atoms with Crippen LogP contribution < -0.4 is 0 Å². The first-order valence-corrected chi connectivity index (χ1v) is 11.5. The van der Waals surface area contributed by atoms with Crippen molar-refractivity contribution in [3.8, 4) is 0 Å². The second-order valence-corrected chi connectivity index (χ2v) is 9.02. The molecule has 5 rings (SSSR count). The van der Waals surface area contributed by atoms with Crippen LogP contribution in [0.5, 0.6) is 0 Å². The number of hydrogen-bond acceptors (Lipinski definition) is 5. The van der Waals surface area contributed by atoms with Gasteiger partial charge in [0.25, 0.3) is 5.91 Å². The molecule has 3 heterocycles. The smallest absolute Gasteiger partial charge is 0.253 e. The first-order chi connectivity index (χ1) is 16.1. The monoisotopic (exact) mass is 450 g/mol. The Kier molecular flexibility index (Phi) is 5.75. The molecule has 0 fully saturated rings. The average molecular weight is 451 g/mol. The number of pyridine rings is 2. The summed E-state index contributed by atoms with van der Waals surface area (Å²) in [5.41, 5.74) is 6.14. The molecule has 0 spiro atoms. The zero-order valence-electron chi connectivity index (χ0n) is 18.4. The van der Waals surface area contributed by atoms with Gasteiger partial charge in [0.1, 0.15) is 0 Å². The molecular weight excluding hydrogens is 428 g/mol. The maximum atomic E-state index is 13.2. The van der Waals surface area contributed by atoms with Crippen molar-refractivity contribution in [2.45, 2.75) is 23.3 Å². The van der Waals surface area contributed by atoms with E-state index in [0.29, 0.717) is 12.1 Å². The molecule has 0 atom stereocenters. The lowest BCUT2D eigenvalue weighted by atomic mass is 10.0. The first-order valence-electron chi connectivity index (χ1n) is 10.7. The Morgan fingerprint density at radius 2 is 1.82 bits per heavy atom. The molecule has 33 heavy (non-hydrogen) atoms. The number of carbonyl (C=O) groups excluding carboxylic acids is 1. The number of aliphatic imine (C=N–C) groups is 1. The van der Waals surface area contributed by atoms with Gasteiger partial charge in [0.2, 0.25) is 0 Å². The Bertz CT molecular complexity index is 1370. The normalized spacial score (nSPS) is 12.2. The molecule has 0 saturated carbocycles. The van der Waals surface area contributed by atoms with E-state index >= 15 is 0 Å². The molecule has 6 heteroatoms. The molecule has 1 aliphatic rings. The van der Waals surface area contributed by atoms with Crippen LogP contribution in [-0.2, 0) is 6.54 Å². The highest BCUT2D eigenvalue weighted by molar-refractivity contribution is 7.99. The van der Waals surface area contributed by atoms with Crippen molar-refractivity contribution < 1.29 is 4.79 Å². The molecule has 1 amide bonds. The molecule has 1 aliphatic heterocycles. The minimum atomic E-state index is -0.0563. The molecule has 0 N–H and O–H groups in total. The lowest BCUT2D eigenvalue weighted by molar-refractivity contribution is 0.0785. The number of nitrogens with zero attached hydrogens (tertiary/aromatic N) is 4. The van der Waals surface area contributed by atoms with Crippen molar-refractivity contribution in [2.24, 2.45) is 4.99 Å². The summed E-state index contributed by atoms with van der Waals surface area (Å²) >= 11 is 1.66. The Hall–Kier alpha value is -3.77. The molecule has 0 aliphatic carbocycles. The van der Waals surface area contributed by atoms with Crippen molar-refractivity contribution in [2.75, 3.05) is 7.05 Å². The van der Waals surface area contributed by atoms with Gasteiger partial charge in [-0.05, 0) is 54.4 Å². The lowest BCUT2D eigenvalue weighted by Gasteiger charge is -2.17. The van der Waals surface area contributed by atoms with Crippen molar-refractivity contribution in [3.63, 3.8) is 0 Å². The van der Waals surface area contributed by atoms with Crippen LogP contribution in [0.25, 0.3) is 0 Å². The summed E-state index contributed by atoms with van der Waals surface area (Å²) in [5.74, 6) is -0.0563. The molecular formula is C27H22N4OS. The highest BCUT2D eigenvalue weighted by atomic mass is 32.2. The fourth-order valence-electron chi connectivity index (χ4n) is 3.85. The van der Waals surface area contributed by atoms with Crippen molar-refractivity contribution >= 4 is 29.1 Å². The maximum Gasteiger partial charge on any atom is 0.253 e. The van der Waals surface area contributed by atoms with Crippen molar-refractivity contribution in [1.29, 1.82) is 0 Å². The van der Waals surface area contributed by atoms with Gasteiger partial charge < -0.3 is 4.90 Å². The third kappa shape index (κ3) is 4.30. The largest absolute Gasteiger partial charge is 0.337 e. The number of carbonyl (C=O) groups is 1. The van der Waals surface area contributed by atoms with Crippen molar-refractivity contribution in [3.05, 3.63) is 113 Å². The van der Waals surface area contributed by atoms with Crippen molar-refractivity contribution in [1.82, 2.24) is 14.9 Å². The average Bonchev–Trinajstić information content (AvgIpc) is 3.00. The Labute approximate surface area is 197 Å². The van der Waals surface area contributed by atoms with Gasteiger partial charge in [0.05, 0.1) is 17.1 Å². The summed E-state index contributed by atoms with van der Waals surface area (Å²) in [6.45, 7) is 2.53. The van der Waals surface area contributed by atoms with Gasteiger partial charge in [0, 0.05) is 53.1 Å². The van der Waals surface area contributed by atoms with E-state index in [4.69, 9.17) is 4.99 Å². The zero-order chi connectivity index (χ0) is 22.8. The van der Waals surface area contributed by atoms with Crippen LogP contribution in [0, 0.1) is 6.92 Å². The van der Waals surface area contributed by atoms with Gasteiger partial charge in [-0.25, -0.2) is 4.99 Å².